The van der Waals surface area contributed by atoms with Gasteiger partial charge in [-0.3, -0.25) is 14.7 Å². The third kappa shape index (κ3) is 4.09. The summed E-state index contributed by atoms with van der Waals surface area (Å²) in [5.74, 6) is -0.0777. The van der Waals surface area contributed by atoms with Crippen LogP contribution in [0.25, 0.3) is 32.9 Å². The summed E-state index contributed by atoms with van der Waals surface area (Å²) in [6, 6.07) is 13.6. The van der Waals surface area contributed by atoms with Gasteiger partial charge in [0, 0.05) is 24.0 Å². The van der Waals surface area contributed by atoms with Crippen LogP contribution in [-0.4, -0.2) is 52.8 Å². The van der Waals surface area contributed by atoms with Crippen LogP contribution >= 0.6 is 0 Å². The number of carbonyl (C=O) groups excluding carboxylic acids is 1. The summed E-state index contributed by atoms with van der Waals surface area (Å²) in [6.07, 6.45) is 2.48. The topological polar surface area (TPSA) is 83.0 Å². The zero-order chi connectivity index (χ0) is 22.0. The van der Waals surface area contributed by atoms with Crippen LogP contribution in [0.4, 0.5) is 0 Å². The SMILES string of the molecule is CCn1c(=O)c2cn[nH]c2c2ccc(-c3cccc(C(=O)NCCCN(C)C)c3)cc21. The van der Waals surface area contributed by atoms with E-state index in [1.165, 1.54) is 0 Å². The number of rotatable bonds is 7. The molecule has 2 heterocycles. The molecule has 4 aromatic rings. The number of fused-ring (bicyclic) bond motifs is 3. The van der Waals surface area contributed by atoms with Gasteiger partial charge in [-0.15, -0.1) is 0 Å². The van der Waals surface area contributed by atoms with Crippen molar-refractivity contribution in [3.63, 3.8) is 0 Å². The highest BCUT2D eigenvalue weighted by atomic mass is 16.1. The Bertz CT molecular complexity index is 1300. The van der Waals surface area contributed by atoms with Crippen LogP contribution in [-0.2, 0) is 6.54 Å². The molecule has 0 radical (unpaired) electrons. The summed E-state index contributed by atoms with van der Waals surface area (Å²) in [7, 11) is 4.04. The van der Waals surface area contributed by atoms with Crippen molar-refractivity contribution in [2.24, 2.45) is 0 Å². The van der Waals surface area contributed by atoms with Gasteiger partial charge in [-0.25, -0.2) is 0 Å². The first-order chi connectivity index (χ1) is 15.0. The Labute approximate surface area is 180 Å². The molecule has 7 nitrogen and oxygen atoms in total. The summed E-state index contributed by atoms with van der Waals surface area (Å²) in [5, 5.41) is 11.5. The summed E-state index contributed by atoms with van der Waals surface area (Å²) in [4.78, 5) is 27.5. The van der Waals surface area contributed by atoms with Crippen molar-refractivity contribution in [1.29, 1.82) is 0 Å². The molecule has 0 aliphatic carbocycles. The molecule has 0 atom stereocenters. The lowest BCUT2D eigenvalue weighted by Crippen LogP contribution is -2.27. The average Bonchev–Trinajstić information content (AvgIpc) is 3.27. The van der Waals surface area contributed by atoms with E-state index in [4.69, 9.17) is 0 Å². The molecule has 0 aliphatic rings. The second-order valence-corrected chi connectivity index (χ2v) is 7.93. The fraction of sp³-hybridized carbons (Fsp3) is 0.292. The molecule has 4 rings (SSSR count). The molecule has 2 aromatic heterocycles. The summed E-state index contributed by atoms with van der Waals surface area (Å²) in [6.45, 7) is 4.09. The number of aromatic amines is 1. The van der Waals surface area contributed by atoms with Crippen LogP contribution in [0, 0.1) is 0 Å². The maximum absolute atomic E-state index is 12.8. The number of nitrogens with zero attached hydrogens (tertiary/aromatic N) is 3. The quantitative estimate of drug-likeness (QED) is 0.452. The van der Waals surface area contributed by atoms with Crippen molar-refractivity contribution in [1.82, 2.24) is 25.0 Å². The molecule has 160 valence electrons. The second-order valence-electron chi connectivity index (χ2n) is 7.93. The molecular weight excluding hydrogens is 390 g/mol. The van der Waals surface area contributed by atoms with E-state index in [1.54, 1.807) is 10.8 Å². The number of hydrogen-bond acceptors (Lipinski definition) is 4. The minimum atomic E-state index is -0.0777. The fourth-order valence-electron chi connectivity index (χ4n) is 3.91. The average molecular weight is 418 g/mol. The molecule has 0 aliphatic heterocycles. The molecule has 1 amide bonds. The third-order valence-corrected chi connectivity index (χ3v) is 5.51. The smallest absolute Gasteiger partial charge is 0.262 e. The van der Waals surface area contributed by atoms with E-state index in [2.05, 4.69) is 20.4 Å². The summed E-state index contributed by atoms with van der Waals surface area (Å²) in [5.41, 5.74) is 4.06. The molecular formula is C24H27N5O2. The lowest BCUT2D eigenvalue weighted by Gasteiger charge is -2.12. The van der Waals surface area contributed by atoms with Crippen molar-refractivity contribution in [2.75, 3.05) is 27.2 Å². The van der Waals surface area contributed by atoms with E-state index in [0.717, 1.165) is 40.5 Å². The molecule has 2 N–H and O–H groups in total. The fourth-order valence-corrected chi connectivity index (χ4v) is 3.91. The van der Waals surface area contributed by atoms with Crippen LogP contribution in [0.5, 0.6) is 0 Å². The Kier molecular flexibility index (Phi) is 5.86. The lowest BCUT2D eigenvalue weighted by molar-refractivity contribution is 0.0952. The van der Waals surface area contributed by atoms with E-state index >= 15 is 0 Å². The van der Waals surface area contributed by atoms with Gasteiger partial charge in [0.25, 0.3) is 11.5 Å². The van der Waals surface area contributed by atoms with Crippen LogP contribution in [0.1, 0.15) is 23.7 Å². The Morgan fingerprint density at radius 1 is 1.13 bits per heavy atom. The van der Waals surface area contributed by atoms with Crippen LogP contribution in [0.15, 0.2) is 53.5 Å². The Hall–Kier alpha value is -3.45. The number of aryl methyl sites for hydroxylation is 1. The minimum Gasteiger partial charge on any atom is -0.352 e. The van der Waals surface area contributed by atoms with E-state index in [9.17, 15) is 9.59 Å². The first-order valence-electron chi connectivity index (χ1n) is 10.5. The van der Waals surface area contributed by atoms with E-state index in [0.29, 0.717) is 24.0 Å². The summed E-state index contributed by atoms with van der Waals surface area (Å²) >= 11 is 0. The number of hydrogen-bond donors (Lipinski definition) is 2. The first-order valence-corrected chi connectivity index (χ1v) is 10.5. The van der Waals surface area contributed by atoms with Gasteiger partial charge in [0.05, 0.1) is 22.6 Å². The summed E-state index contributed by atoms with van der Waals surface area (Å²) < 4.78 is 1.76. The van der Waals surface area contributed by atoms with E-state index in [1.807, 2.05) is 63.5 Å². The second kappa shape index (κ2) is 8.73. The molecule has 0 unspecified atom stereocenters. The molecule has 7 heteroatoms. The normalized spacial score (nSPS) is 11.5. The maximum Gasteiger partial charge on any atom is 0.262 e. The number of benzene rings is 2. The first kappa shape index (κ1) is 20.8. The van der Waals surface area contributed by atoms with Crippen molar-refractivity contribution in [3.05, 3.63) is 64.6 Å². The standard InChI is InChI=1S/C24H27N5O2/c1-4-29-21-14-17(9-10-19(21)22-20(24(29)31)15-26-27-22)16-7-5-8-18(13-16)23(30)25-11-6-12-28(2)3/h5,7-10,13-15H,4,6,11-12H2,1-3H3,(H,25,30)(H,26,27). The zero-order valence-electron chi connectivity index (χ0n) is 18.1. The van der Waals surface area contributed by atoms with E-state index in [-0.39, 0.29) is 11.5 Å². The largest absolute Gasteiger partial charge is 0.352 e. The lowest BCUT2D eigenvalue weighted by atomic mass is 10.0. The van der Waals surface area contributed by atoms with Crippen LogP contribution in [0.3, 0.4) is 0 Å². The number of carbonyl (C=O) groups is 1. The van der Waals surface area contributed by atoms with Gasteiger partial charge in [0.1, 0.15) is 0 Å². The maximum atomic E-state index is 12.8. The number of nitrogens with one attached hydrogen (secondary N) is 2. The number of H-pyrrole nitrogens is 1. The molecule has 0 saturated carbocycles. The number of amides is 1. The van der Waals surface area contributed by atoms with Crippen LogP contribution < -0.4 is 10.9 Å². The minimum absolute atomic E-state index is 0.0539. The molecule has 0 spiro atoms. The van der Waals surface area contributed by atoms with Crippen molar-refractivity contribution >= 4 is 27.7 Å². The highest BCUT2D eigenvalue weighted by molar-refractivity contribution is 6.04. The Morgan fingerprint density at radius 3 is 2.71 bits per heavy atom. The number of pyridine rings is 1. The molecule has 0 fully saturated rings. The van der Waals surface area contributed by atoms with Gasteiger partial charge in [-0.1, -0.05) is 24.3 Å². The highest BCUT2D eigenvalue weighted by Crippen LogP contribution is 2.28. The van der Waals surface area contributed by atoms with Gasteiger partial charge >= 0.3 is 0 Å². The number of aromatic nitrogens is 3. The molecule has 31 heavy (non-hydrogen) atoms. The van der Waals surface area contributed by atoms with Crippen molar-refractivity contribution in [3.8, 4) is 11.1 Å². The Balaban J connectivity index is 1.68. The monoisotopic (exact) mass is 417 g/mol. The third-order valence-electron chi connectivity index (χ3n) is 5.51. The van der Waals surface area contributed by atoms with Gasteiger partial charge in [0.15, 0.2) is 0 Å². The van der Waals surface area contributed by atoms with Crippen molar-refractivity contribution < 1.29 is 4.79 Å². The predicted molar refractivity (Wildman–Crippen MR) is 124 cm³/mol. The van der Waals surface area contributed by atoms with Gasteiger partial charge in [-0.2, -0.15) is 5.10 Å². The van der Waals surface area contributed by atoms with Gasteiger partial charge in [-0.05, 0) is 63.3 Å². The predicted octanol–water partition coefficient (Wildman–Crippen LogP) is 3.25. The highest BCUT2D eigenvalue weighted by Gasteiger charge is 2.13. The molecule has 0 bridgehead atoms. The molecule has 0 saturated heterocycles. The zero-order valence-corrected chi connectivity index (χ0v) is 18.1. The van der Waals surface area contributed by atoms with Gasteiger partial charge < -0.3 is 14.8 Å². The van der Waals surface area contributed by atoms with E-state index < -0.39 is 0 Å². The Morgan fingerprint density at radius 2 is 1.94 bits per heavy atom. The van der Waals surface area contributed by atoms with Gasteiger partial charge in [0.2, 0.25) is 0 Å². The van der Waals surface area contributed by atoms with Crippen LogP contribution in [0.2, 0.25) is 0 Å². The molecule has 2 aromatic carbocycles. The van der Waals surface area contributed by atoms with Crippen molar-refractivity contribution in [2.45, 2.75) is 19.9 Å².